The lowest BCUT2D eigenvalue weighted by Crippen LogP contribution is -2.22. The van der Waals surface area contributed by atoms with Crippen LogP contribution in [-0.2, 0) is 13.0 Å². The molecule has 1 aromatic carbocycles. The third kappa shape index (κ3) is 2.88. The van der Waals surface area contributed by atoms with E-state index in [1.54, 1.807) is 25.1 Å². The SMILES string of the molecule is CN(C)C(=O)c1ccccc1OCc1ccc2c(n1)NCC2. The summed E-state index contributed by atoms with van der Waals surface area (Å²) in [6.45, 7) is 1.28. The fraction of sp³-hybridized carbons (Fsp3) is 0.294. The molecule has 114 valence electrons. The van der Waals surface area contributed by atoms with Gasteiger partial charge in [0.05, 0.1) is 11.3 Å². The van der Waals surface area contributed by atoms with Crippen LogP contribution in [0, 0.1) is 0 Å². The number of nitrogens with one attached hydrogen (secondary N) is 1. The summed E-state index contributed by atoms with van der Waals surface area (Å²) in [6, 6.07) is 11.3. The van der Waals surface area contributed by atoms with Gasteiger partial charge in [-0.25, -0.2) is 4.98 Å². The Hall–Kier alpha value is -2.56. The van der Waals surface area contributed by atoms with Gasteiger partial charge in [-0.2, -0.15) is 0 Å². The van der Waals surface area contributed by atoms with Crippen LogP contribution in [0.5, 0.6) is 5.75 Å². The molecule has 0 bridgehead atoms. The number of hydrogen-bond donors (Lipinski definition) is 1. The zero-order valence-electron chi connectivity index (χ0n) is 12.8. The molecule has 0 saturated carbocycles. The van der Waals surface area contributed by atoms with Crippen LogP contribution in [0.25, 0.3) is 0 Å². The monoisotopic (exact) mass is 297 g/mol. The van der Waals surface area contributed by atoms with Crippen molar-refractivity contribution in [3.63, 3.8) is 0 Å². The quantitative estimate of drug-likeness (QED) is 0.941. The molecule has 1 aromatic heterocycles. The summed E-state index contributed by atoms with van der Waals surface area (Å²) in [6.07, 6.45) is 1.02. The molecule has 2 heterocycles. The van der Waals surface area contributed by atoms with Crippen molar-refractivity contribution in [2.24, 2.45) is 0 Å². The van der Waals surface area contributed by atoms with Crippen molar-refractivity contribution in [1.29, 1.82) is 0 Å². The topological polar surface area (TPSA) is 54.5 Å². The molecule has 0 saturated heterocycles. The first-order valence-electron chi connectivity index (χ1n) is 7.31. The molecule has 0 unspecified atom stereocenters. The smallest absolute Gasteiger partial charge is 0.257 e. The molecule has 0 spiro atoms. The highest BCUT2D eigenvalue weighted by Crippen LogP contribution is 2.22. The van der Waals surface area contributed by atoms with E-state index < -0.39 is 0 Å². The summed E-state index contributed by atoms with van der Waals surface area (Å²) in [5.41, 5.74) is 2.65. The van der Waals surface area contributed by atoms with Gasteiger partial charge in [0.2, 0.25) is 0 Å². The van der Waals surface area contributed by atoms with Crippen LogP contribution >= 0.6 is 0 Å². The Morgan fingerprint density at radius 1 is 1.27 bits per heavy atom. The second-order valence-corrected chi connectivity index (χ2v) is 5.47. The Morgan fingerprint density at radius 2 is 2.09 bits per heavy atom. The van der Waals surface area contributed by atoms with Crippen LogP contribution in [0.4, 0.5) is 5.82 Å². The Kier molecular flexibility index (Phi) is 3.96. The predicted molar refractivity (Wildman–Crippen MR) is 85.2 cm³/mol. The minimum Gasteiger partial charge on any atom is -0.486 e. The standard InChI is InChI=1S/C17H19N3O2/c1-20(2)17(21)14-5-3-4-6-15(14)22-11-13-8-7-12-9-10-18-16(12)19-13/h3-8H,9-11H2,1-2H3,(H,18,19). The number of rotatable bonds is 4. The van der Waals surface area contributed by atoms with E-state index in [9.17, 15) is 4.79 Å². The molecule has 0 fully saturated rings. The molecule has 1 aliphatic rings. The maximum Gasteiger partial charge on any atom is 0.257 e. The average Bonchev–Trinajstić information content (AvgIpc) is 3.00. The van der Waals surface area contributed by atoms with E-state index in [2.05, 4.69) is 16.4 Å². The third-order valence-electron chi connectivity index (χ3n) is 3.62. The Balaban J connectivity index is 1.75. The molecule has 1 amide bonds. The number of nitrogens with zero attached hydrogens (tertiary/aromatic N) is 2. The molecule has 5 heteroatoms. The first-order valence-corrected chi connectivity index (χ1v) is 7.31. The molecule has 1 aliphatic heterocycles. The Morgan fingerprint density at radius 3 is 2.91 bits per heavy atom. The van der Waals surface area contributed by atoms with Gasteiger partial charge in [-0.1, -0.05) is 18.2 Å². The number of hydrogen-bond acceptors (Lipinski definition) is 4. The van der Waals surface area contributed by atoms with Gasteiger partial charge in [-0.3, -0.25) is 4.79 Å². The first kappa shape index (κ1) is 14.4. The molecule has 1 N–H and O–H groups in total. The molecule has 3 rings (SSSR count). The van der Waals surface area contributed by atoms with E-state index >= 15 is 0 Å². The number of anilines is 1. The fourth-order valence-corrected chi connectivity index (χ4v) is 2.44. The second kappa shape index (κ2) is 6.05. The van der Waals surface area contributed by atoms with Gasteiger partial charge in [0.25, 0.3) is 5.91 Å². The number of para-hydroxylation sites is 1. The number of pyridine rings is 1. The maximum absolute atomic E-state index is 12.2. The number of fused-ring (bicyclic) bond motifs is 1. The number of ether oxygens (including phenoxy) is 1. The van der Waals surface area contributed by atoms with Gasteiger partial charge in [-0.05, 0) is 30.2 Å². The normalized spacial score (nSPS) is 12.5. The van der Waals surface area contributed by atoms with Crippen molar-refractivity contribution in [3.8, 4) is 5.75 Å². The minimum atomic E-state index is -0.0702. The van der Waals surface area contributed by atoms with E-state index in [1.807, 2.05) is 24.3 Å². The highest BCUT2D eigenvalue weighted by molar-refractivity contribution is 5.96. The molecule has 0 aliphatic carbocycles. The van der Waals surface area contributed by atoms with Crippen LogP contribution in [-0.4, -0.2) is 36.4 Å². The van der Waals surface area contributed by atoms with E-state index in [-0.39, 0.29) is 5.91 Å². The molecular formula is C17H19N3O2. The lowest BCUT2D eigenvalue weighted by molar-refractivity contribution is 0.0822. The van der Waals surface area contributed by atoms with E-state index in [0.717, 1.165) is 24.5 Å². The third-order valence-corrected chi connectivity index (χ3v) is 3.62. The zero-order chi connectivity index (χ0) is 15.5. The number of aromatic nitrogens is 1. The van der Waals surface area contributed by atoms with Crippen molar-refractivity contribution in [2.45, 2.75) is 13.0 Å². The largest absolute Gasteiger partial charge is 0.486 e. The highest BCUT2D eigenvalue weighted by Gasteiger charge is 2.15. The van der Waals surface area contributed by atoms with E-state index in [4.69, 9.17) is 4.74 Å². The highest BCUT2D eigenvalue weighted by atomic mass is 16.5. The zero-order valence-corrected chi connectivity index (χ0v) is 12.8. The van der Waals surface area contributed by atoms with Gasteiger partial charge in [0, 0.05) is 20.6 Å². The number of benzene rings is 1. The van der Waals surface area contributed by atoms with Crippen LogP contribution in [0.15, 0.2) is 36.4 Å². The number of carbonyl (C=O) groups is 1. The predicted octanol–water partition coefficient (Wildman–Crippen LogP) is 2.33. The molecule has 0 radical (unpaired) electrons. The summed E-state index contributed by atoms with van der Waals surface area (Å²) in [4.78, 5) is 18.2. The van der Waals surface area contributed by atoms with Crippen molar-refractivity contribution in [3.05, 3.63) is 53.2 Å². The molecule has 2 aromatic rings. The van der Waals surface area contributed by atoms with E-state index in [1.165, 1.54) is 5.56 Å². The van der Waals surface area contributed by atoms with Gasteiger partial charge >= 0.3 is 0 Å². The summed E-state index contributed by atoms with van der Waals surface area (Å²) in [7, 11) is 3.46. The molecular weight excluding hydrogens is 278 g/mol. The number of amides is 1. The minimum absolute atomic E-state index is 0.0702. The van der Waals surface area contributed by atoms with Crippen molar-refractivity contribution < 1.29 is 9.53 Å². The summed E-state index contributed by atoms with van der Waals surface area (Å²) < 4.78 is 5.82. The van der Waals surface area contributed by atoms with Gasteiger partial charge in [-0.15, -0.1) is 0 Å². The summed E-state index contributed by atoms with van der Waals surface area (Å²) in [5, 5.41) is 3.26. The van der Waals surface area contributed by atoms with Crippen molar-refractivity contribution >= 4 is 11.7 Å². The average molecular weight is 297 g/mol. The Labute approximate surface area is 129 Å². The van der Waals surface area contributed by atoms with Crippen LogP contribution < -0.4 is 10.1 Å². The molecule has 0 atom stereocenters. The fourth-order valence-electron chi connectivity index (χ4n) is 2.44. The first-order chi connectivity index (χ1) is 10.6. The summed E-state index contributed by atoms with van der Waals surface area (Å²) in [5.74, 6) is 1.45. The second-order valence-electron chi connectivity index (χ2n) is 5.47. The molecule has 22 heavy (non-hydrogen) atoms. The number of carbonyl (C=O) groups excluding carboxylic acids is 1. The van der Waals surface area contributed by atoms with Gasteiger partial charge in [0.15, 0.2) is 0 Å². The lowest BCUT2D eigenvalue weighted by atomic mass is 10.2. The van der Waals surface area contributed by atoms with Crippen molar-refractivity contribution in [2.75, 3.05) is 26.0 Å². The van der Waals surface area contributed by atoms with Gasteiger partial charge < -0.3 is 15.0 Å². The van der Waals surface area contributed by atoms with Crippen LogP contribution in [0.1, 0.15) is 21.6 Å². The molecule has 5 nitrogen and oxygen atoms in total. The van der Waals surface area contributed by atoms with Crippen molar-refractivity contribution in [1.82, 2.24) is 9.88 Å². The van der Waals surface area contributed by atoms with Crippen LogP contribution in [0.2, 0.25) is 0 Å². The van der Waals surface area contributed by atoms with E-state index in [0.29, 0.717) is 17.9 Å². The Bertz CT molecular complexity index is 698. The lowest BCUT2D eigenvalue weighted by Gasteiger charge is -2.14. The van der Waals surface area contributed by atoms with Crippen LogP contribution in [0.3, 0.4) is 0 Å². The maximum atomic E-state index is 12.2. The van der Waals surface area contributed by atoms with Gasteiger partial charge in [0.1, 0.15) is 18.2 Å². The summed E-state index contributed by atoms with van der Waals surface area (Å²) >= 11 is 0.